The summed E-state index contributed by atoms with van der Waals surface area (Å²) in [6.45, 7) is 0.901. The van der Waals surface area contributed by atoms with Gasteiger partial charge in [0.25, 0.3) is 0 Å². The number of likely N-dealkylation sites (tertiary alicyclic amines) is 1. The molecule has 2 atom stereocenters. The maximum Gasteiger partial charge on any atom is 0.323 e. The van der Waals surface area contributed by atoms with Crippen molar-refractivity contribution in [2.24, 2.45) is 5.92 Å². The molecule has 104 valence electrons. The number of anilines is 1. The van der Waals surface area contributed by atoms with Crippen molar-refractivity contribution < 1.29 is 4.79 Å². The number of amides is 2. The molecular weight excluding hydrogens is 258 g/mol. The van der Waals surface area contributed by atoms with E-state index >= 15 is 0 Å². The lowest BCUT2D eigenvalue weighted by Gasteiger charge is -2.38. The van der Waals surface area contributed by atoms with Gasteiger partial charge in [-0.05, 0) is 31.6 Å². The van der Waals surface area contributed by atoms with Gasteiger partial charge in [0.05, 0.1) is 0 Å². The number of fused-ring (bicyclic) bond motifs is 1. The molecule has 19 heavy (non-hydrogen) atoms. The molecule has 0 unspecified atom stereocenters. The molecule has 1 saturated carbocycles. The minimum absolute atomic E-state index is 0.0498. The molecule has 3 rings (SSSR count). The van der Waals surface area contributed by atoms with Gasteiger partial charge in [-0.2, -0.15) is 0 Å². The summed E-state index contributed by atoms with van der Waals surface area (Å²) in [5.41, 5.74) is 0. The molecule has 2 amide bonds. The highest BCUT2D eigenvalue weighted by molar-refractivity contribution is 7.13. The maximum absolute atomic E-state index is 12.5. The Labute approximate surface area is 118 Å². The Morgan fingerprint density at radius 3 is 2.84 bits per heavy atom. The quantitative estimate of drug-likeness (QED) is 0.851. The lowest BCUT2D eigenvalue weighted by Crippen LogP contribution is -2.47. The van der Waals surface area contributed by atoms with Crippen LogP contribution in [0.3, 0.4) is 0 Å². The first-order valence-corrected chi connectivity index (χ1v) is 8.19. The maximum atomic E-state index is 12.5. The zero-order chi connectivity index (χ0) is 13.1. The number of hydrogen-bond donors (Lipinski definition) is 1. The summed E-state index contributed by atoms with van der Waals surface area (Å²) in [6.07, 6.45) is 10.5. The Balaban J connectivity index is 1.71. The molecule has 1 aliphatic heterocycles. The van der Waals surface area contributed by atoms with Crippen LogP contribution in [0.1, 0.15) is 44.9 Å². The second kappa shape index (κ2) is 5.90. The lowest BCUT2D eigenvalue weighted by atomic mass is 9.82. The van der Waals surface area contributed by atoms with Crippen LogP contribution in [0.25, 0.3) is 0 Å². The number of urea groups is 1. The van der Waals surface area contributed by atoms with Crippen LogP contribution in [0.15, 0.2) is 11.6 Å². The van der Waals surface area contributed by atoms with Crippen LogP contribution in [0.2, 0.25) is 0 Å². The van der Waals surface area contributed by atoms with E-state index in [1.54, 1.807) is 6.20 Å². The summed E-state index contributed by atoms with van der Waals surface area (Å²) >= 11 is 1.48. The summed E-state index contributed by atoms with van der Waals surface area (Å²) in [5.74, 6) is 0.721. The number of nitrogens with zero attached hydrogens (tertiary/aromatic N) is 2. The van der Waals surface area contributed by atoms with E-state index in [1.165, 1.54) is 49.9 Å². The number of thiazole rings is 1. The topological polar surface area (TPSA) is 45.2 Å². The molecule has 4 nitrogen and oxygen atoms in total. The third-order valence-corrected chi connectivity index (χ3v) is 5.09. The number of nitrogens with one attached hydrogen (secondary N) is 1. The molecule has 0 radical (unpaired) electrons. The Morgan fingerprint density at radius 2 is 2.05 bits per heavy atom. The molecule has 2 aliphatic rings. The van der Waals surface area contributed by atoms with Gasteiger partial charge in [-0.1, -0.05) is 19.3 Å². The van der Waals surface area contributed by atoms with Crippen molar-refractivity contribution in [1.29, 1.82) is 0 Å². The van der Waals surface area contributed by atoms with Crippen LogP contribution < -0.4 is 5.32 Å². The molecule has 5 heteroatoms. The van der Waals surface area contributed by atoms with Gasteiger partial charge in [-0.15, -0.1) is 11.3 Å². The van der Waals surface area contributed by atoms with Gasteiger partial charge in [0.15, 0.2) is 5.13 Å². The van der Waals surface area contributed by atoms with E-state index in [2.05, 4.69) is 15.2 Å². The van der Waals surface area contributed by atoms with Gasteiger partial charge in [0, 0.05) is 24.2 Å². The van der Waals surface area contributed by atoms with Crippen molar-refractivity contribution in [3.63, 3.8) is 0 Å². The van der Waals surface area contributed by atoms with E-state index in [4.69, 9.17) is 0 Å². The Bertz CT molecular complexity index is 420. The van der Waals surface area contributed by atoms with Crippen molar-refractivity contribution >= 4 is 22.5 Å². The van der Waals surface area contributed by atoms with E-state index in [0.717, 1.165) is 18.9 Å². The third kappa shape index (κ3) is 2.91. The zero-order valence-electron chi connectivity index (χ0n) is 11.2. The van der Waals surface area contributed by atoms with Crippen molar-refractivity contribution in [2.45, 2.75) is 51.0 Å². The van der Waals surface area contributed by atoms with E-state index in [9.17, 15) is 4.79 Å². The molecule has 2 fully saturated rings. The summed E-state index contributed by atoms with van der Waals surface area (Å²) in [5, 5.41) is 5.55. The van der Waals surface area contributed by atoms with Gasteiger partial charge >= 0.3 is 6.03 Å². The second-order valence-electron chi connectivity index (χ2n) is 5.57. The van der Waals surface area contributed by atoms with Crippen LogP contribution in [0.5, 0.6) is 0 Å². The smallest absolute Gasteiger partial charge is 0.321 e. The largest absolute Gasteiger partial charge is 0.323 e. The van der Waals surface area contributed by atoms with Crippen molar-refractivity contribution in [3.8, 4) is 0 Å². The molecule has 0 spiro atoms. The fourth-order valence-electron chi connectivity index (χ4n) is 3.49. The fraction of sp³-hybridized carbons (Fsp3) is 0.714. The van der Waals surface area contributed by atoms with E-state index < -0.39 is 0 Å². The molecule has 1 aromatic rings. The average molecular weight is 279 g/mol. The first-order valence-electron chi connectivity index (χ1n) is 7.32. The Hall–Kier alpha value is -1.10. The highest BCUT2D eigenvalue weighted by Crippen LogP contribution is 2.34. The third-order valence-electron chi connectivity index (χ3n) is 4.40. The summed E-state index contributed by atoms with van der Waals surface area (Å²) in [6, 6.07) is 0.505. The Morgan fingerprint density at radius 1 is 1.26 bits per heavy atom. The highest BCUT2D eigenvalue weighted by atomic mass is 32.1. The minimum atomic E-state index is 0.0498. The van der Waals surface area contributed by atoms with Crippen LogP contribution in [0, 0.1) is 5.92 Å². The second-order valence-corrected chi connectivity index (χ2v) is 6.46. The summed E-state index contributed by atoms with van der Waals surface area (Å²) in [7, 11) is 0. The van der Waals surface area contributed by atoms with E-state index in [1.807, 2.05) is 5.38 Å². The summed E-state index contributed by atoms with van der Waals surface area (Å²) in [4.78, 5) is 18.7. The minimum Gasteiger partial charge on any atom is -0.321 e. The predicted molar refractivity (Wildman–Crippen MR) is 77.4 cm³/mol. The average Bonchev–Trinajstić information content (AvgIpc) is 2.83. The van der Waals surface area contributed by atoms with Crippen LogP contribution in [0.4, 0.5) is 9.93 Å². The standard InChI is InChI=1S/C14H21N3OS/c18-14(16-13-15-8-10-19-13)17-9-4-3-6-11-5-1-2-7-12(11)17/h8,10-12H,1-7,9H2,(H,15,16,18)/t11-,12-/m1/s1. The van der Waals surface area contributed by atoms with E-state index in [-0.39, 0.29) is 6.03 Å². The zero-order valence-corrected chi connectivity index (χ0v) is 12.0. The molecule has 0 aromatic carbocycles. The first kappa shape index (κ1) is 12.9. The number of carbonyl (C=O) groups is 1. The number of aromatic nitrogens is 1. The molecule has 2 heterocycles. The normalized spacial score (nSPS) is 27.5. The van der Waals surface area contributed by atoms with Gasteiger partial charge in [0.1, 0.15) is 0 Å². The van der Waals surface area contributed by atoms with Gasteiger partial charge < -0.3 is 4.90 Å². The first-order chi connectivity index (χ1) is 9.34. The van der Waals surface area contributed by atoms with Crippen LogP contribution in [-0.4, -0.2) is 28.5 Å². The number of rotatable bonds is 1. The SMILES string of the molecule is O=C(Nc1nccs1)N1CCCC[C@H]2CCCC[C@H]21. The van der Waals surface area contributed by atoms with Gasteiger partial charge in [-0.3, -0.25) is 5.32 Å². The fourth-order valence-corrected chi connectivity index (χ4v) is 4.01. The number of hydrogen-bond acceptors (Lipinski definition) is 3. The molecule has 1 aromatic heterocycles. The van der Waals surface area contributed by atoms with Gasteiger partial charge in [-0.25, -0.2) is 9.78 Å². The summed E-state index contributed by atoms with van der Waals surface area (Å²) < 4.78 is 0. The van der Waals surface area contributed by atoms with Crippen molar-refractivity contribution in [3.05, 3.63) is 11.6 Å². The lowest BCUT2D eigenvalue weighted by molar-refractivity contribution is 0.138. The molecule has 0 bridgehead atoms. The van der Waals surface area contributed by atoms with Gasteiger partial charge in [0.2, 0.25) is 0 Å². The monoisotopic (exact) mass is 279 g/mol. The number of carbonyl (C=O) groups excluding carboxylic acids is 1. The Kier molecular flexibility index (Phi) is 4.01. The van der Waals surface area contributed by atoms with Crippen LogP contribution in [-0.2, 0) is 0 Å². The predicted octanol–water partition coefficient (Wildman–Crippen LogP) is 3.72. The molecule has 1 N–H and O–H groups in total. The molecule has 1 saturated heterocycles. The van der Waals surface area contributed by atoms with Crippen molar-refractivity contribution in [2.75, 3.05) is 11.9 Å². The molecule has 1 aliphatic carbocycles. The van der Waals surface area contributed by atoms with Crippen LogP contribution >= 0.6 is 11.3 Å². The molecular formula is C14H21N3OS. The van der Waals surface area contributed by atoms with Crippen molar-refractivity contribution in [1.82, 2.24) is 9.88 Å². The van der Waals surface area contributed by atoms with E-state index in [0.29, 0.717) is 11.2 Å². The highest BCUT2D eigenvalue weighted by Gasteiger charge is 2.34.